The van der Waals surface area contributed by atoms with Gasteiger partial charge in [0.1, 0.15) is 0 Å². The van der Waals surface area contributed by atoms with Crippen LogP contribution in [0.1, 0.15) is 18.4 Å². The highest BCUT2D eigenvalue weighted by atomic mass is 16.2. The Morgan fingerprint density at radius 1 is 1.33 bits per heavy atom. The zero-order chi connectivity index (χ0) is 11.3. The molecule has 1 aromatic rings. The lowest BCUT2D eigenvalue weighted by Gasteiger charge is -2.20. The number of nitrogens with zero attached hydrogens (tertiary/aromatic N) is 1. The Balaban J connectivity index is 2.57. The number of aryl methyl sites for hydroxylation is 1. The SMILES string of the molecule is Cc1cc(N(C)CCCCO)ccc1N. The van der Waals surface area contributed by atoms with Gasteiger partial charge in [-0.3, -0.25) is 0 Å². The molecule has 0 heterocycles. The Bertz CT molecular complexity index is 312. The van der Waals surface area contributed by atoms with Gasteiger partial charge in [0.25, 0.3) is 0 Å². The maximum absolute atomic E-state index is 8.70. The number of hydrogen-bond donors (Lipinski definition) is 2. The van der Waals surface area contributed by atoms with Crippen LogP contribution in [-0.2, 0) is 0 Å². The number of nitrogens with two attached hydrogens (primary N) is 1. The Hall–Kier alpha value is -1.22. The van der Waals surface area contributed by atoms with E-state index in [0.717, 1.165) is 30.6 Å². The van der Waals surface area contributed by atoms with Crippen molar-refractivity contribution in [2.24, 2.45) is 0 Å². The second kappa shape index (κ2) is 5.61. The van der Waals surface area contributed by atoms with Gasteiger partial charge in [0.15, 0.2) is 0 Å². The molecule has 3 nitrogen and oxygen atoms in total. The van der Waals surface area contributed by atoms with Crippen LogP contribution in [0.15, 0.2) is 18.2 Å². The van der Waals surface area contributed by atoms with Crippen LogP contribution in [0.4, 0.5) is 11.4 Å². The number of aliphatic hydroxyl groups excluding tert-OH is 1. The fourth-order valence-electron chi connectivity index (χ4n) is 1.49. The normalized spacial score (nSPS) is 10.3. The minimum absolute atomic E-state index is 0.272. The van der Waals surface area contributed by atoms with Crippen molar-refractivity contribution >= 4 is 11.4 Å². The van der Waals surface area contributed by atoms with E-state index in [1.807, 2.05) is 19.1 Å². The second-order valence-electron chi connectivity index (χ2n) is 3.89. The third-order valence-corrected chi connectivity index (χ3v) is 2.60. The summed E-state index contributed by atoms with van der Waals surface area (Å²) in [5.41, 5.74) is 8.89. The Morgan fingerprint density at radius 3 is 2.67 bits per heavy atom. The van der Waals surface area contributed by atoms with E-state index >= 15 is 0 Å². The number of aliphatic hydroxyl groups is 1. The molecule has 0 atom stereocenters. The highest BCUT2D eigenvalue weighted by molar-refractivity contribution is 5.57. The zero-order valence-electron chi connectivity index (χ0n) is 9.53. The molecule has 0 aromatic heterocycles. The van der Waals surface area contributed by atoms with Crippen molar-refractivity contribution in [3.63, 3.8) is 0 Å². The van der Waals surface area contributed by atoms with Crippen LogP contribution in [-0.4, -0.2) is 25.3 Å². The van der Waals surface area contributed by atoms with E-state index in [2.05, 4.69) is 18.0 Å². The number of anilines is 2. The first-order chi connectivity index (χ1) is 7.15. The number of nitrogen functional groups attached to an aromatic ring is 1. The molecule has 0 spiro atoms. The molecule has 1 aromatic carbocycles. The van der Waals surface area contributed by atoms with Crippen molar-refractivity contribution in [1.29, 1.82) is 0 Å². The quantitative estimate of drug-likeness (QED) is 0.573. The van der Waals surface area contributed by atoms with Gasteiger partial charge in [0.2, 0.25) is 0 Å². The first kappa shape index (κ1) is 11.9. The molecule has 3 N–H and O–H groups in total. The fraction of sp³-hybridized carbons (Fsp3) is 0.500. The third-order valence-electron chi connectivity index (χ3n) is 2.60. The number of hydrogen-bond acceptors (Lipinski definition) is 3. The van der Waals surface area contributed by atoms with E-state index in [-0.39, 0.29) is 6.61 Å². The lowest BCUT2D eigenvalue weighted by Crippen LogP contribution is -2.18. The summed E-state index contributed by atoms with van der Waals surface area (Å²) in [6.45, 7) is 3.25. The first-order valence-corrected chi connectivity index (χ1v) is 5.33. The summed E-state index contributed by atoms with van der Waals surface area (Å²) in [6, 6.07) is 6.06. The summed E-state index contributed by atoms with van der Waals surface area (Å²) in [4.78, 5) is 2.18. The highest BCUT2D eigenvalue weighted by Crippen LogP contribution is 2.19. The third kappa shape index (κ3) is 3.44. The van der Waals surface area contributed by atoms with Crippen LogP contribution in [0.2, 0.25) is 0 Å². The molecule has 0 amide bonds. The molecule has 0 saturated carbocycles. The maximum atomic E-state index is 8.70. The van der Waals surface area contributed by atoms with Gasteiger partial charge in [-0.1, -0.05) is 0 Å². The molecule has 0 bridgehead atoms. The molecule has 84 valence electrons. The zero-order valence-corrected chi connectivity index (χ0v) is 9.53. The van der Waals surface area contributed by atoms with Gasteiger partial charge < -0.3 is 15.7 Å². The maximum Gasteiger partial charge on any atom is 0.0431 e. The van der Waals surface area contributed by atoms with Crippen molar-refractivity contribution in [3.05, 3.63) is 23.8 Å². The Kier molecular flexibility index (Phi) is 4.43. The number of unbranched alkanes of at least 4 members (excludes halogenated alkanes) is 1. The van der Waals surface area contributed by atoms with Crippen LogP contribution in [0.3, 0.4) is 0 Å². The van der Waals surface area contributed by atoms with Gasteiger partial charge in [-0.05, 0) is 43.5 Å². The standard InChI is InChI=1S/C12H20N2O/c1-10-9-11(5-6-12(10)13)14(2)7-3-4-8-15/h5-6,9,15H,3-4,7-8,13H2,1-2H3. The summed E-state index contributed by atoms with van der Waals surface area (Å²) in [5.74, 6) is 0. The van der Waals surface area contributed by atoms with Crippen LogP contribution in [0.5, 0.6) is 0 Å². The van der Waals surface area contributed by atoms with Gasteiger partial charge in [-0.2, -0.15) is 0 Å². The lowest BCUT2D eigenvalue weighted by molar-refractivity contribution is 0.285. The summed E-state index contributed by atoms with van der Waals surface area (Å²) < 4.78 is 0. The minimum Gasteiger partial charge on any atom is -0.399 e. The van der Waals surface area contributed by atoms with Crippen LogP contribution < -0.4 is 10.6 Å². The molecule has 3 heteroatoms. The molecular weight excluding hydrogens is 188 g/mol. The highest BCUT2D eigenvalue weighted by Gasteiger charge is 2.01. The van der Waals surface area contributed by atoms with Crippen molar-refractivity contribution in [1.82, 2.24) is 0 Å². The van der Waals surface area contributed by atoms with E-state index in [0.29, 0.717) is 0 Å². The van der Waals surface area contributed by atoms with Gasteiger partial charge >= 0.3 is 0 Å². The molecule has 0 aliphatic heterocycles. The minimum atomic E-state index is 0.272. The second-order valence-corrected chi connectivity index (χ2v) is 3.89. The van der Waals surface area contributed by atoms with Crippen molar-refractivity contribution in [3.8, 4) is 0 Å². The van der Waals surface area contributed by atoms with Gasteiger partial charge in [-0.25, -0.2) is 0 Å². The molecular formula is C12H20N2O. The average molecular weight is 208 g/mol. The predicted molar refractivity (Wildman–Crippen MR) is 65.2 cm³/mol. The van der Waals surface area contributed by atoms with Gasteiger partial charge in [0.05, 0.1) is 0 Å². The van der Waals surface area contributed by atoms with Gasteiger partial charge in [0, 0.05) is 31.6 Å². The van der Waals surface area contributed by atoms with Crippen molar-refractivity contribution in [2.75, 3.05) is 30.8 Å². The number of benzene rings is 1. The monoisotopic (exact) mass is 208 g/mol. The molecule has 0 fully saturated rings. The average Bonchev–Trinajstić information content (AvgIpc) is 2.22. The van der Waals surface area contributed by atoms with Crippen LogP contribution >= 0.6 is 0 Å². The molecule has 0 unspecified atom stereocenters. The summed E-state index contributed by atoms with van der Waals surface area (Å²) in [5, 5.41) is 8.70. The number of rotatable bonds is 5. The van der Waals surface area contributed by atoms with Crippen molar-refractivity contribution < 1.29 is 5.11 Å². The smallest absolute Gasteiger partial charge is 0.0431 e. The molecule has 0 saturated heterocycles. The summed E-state index contributed by atoms with van der Waals surface area (Å²) in [6.07, 6.45) is 1.87. The molecule has 15 heavy (non-hydrogen) atoms. The predicted octanol–water partition coefficient (Wildman–Crippen LogP) is 1.79. The van der Waals surface area contributed by atoms with E-state index in [1.165, 1.54) is 5.69 Å². The Labute approximate surface area is 91.5 Å². The molecule has 0 aliphatic carbocycles. The van der Waals surface area contributed by atoms with Crippen LogP contribution in [0, 0.1) is 6.92 Å². The van der Waals surface area contributed by atoms with Crippen LogP contribution in [0.25, 0.3) is 0 Å². The summed E-state index contributed by atoms with van der Waals surface area (Å²) in [7, 11) is 2.06. The van der Waals surface area contributed by atoms with Gasteiger partial charge in [-0.15, -0.1) is 0 Å². The summed E-state index contributed by atoms with van der Waals surface area (Å²) >= 11 is 0. The Morgan fingerprint density at radius 2 is 2.07 bits per heavy atom. The largest absolute Gasteiger partial charge is 0.399 e. The van der Waals surface area contributed by atoms with E-state index in [4.69, 9.17) is 10.8 Å². The van der Waals surface area contributed by atoms with E-state index in [1.54, 1.807) is 0 Å². The fourth-order valence-corrected chi connectivity index (χ4v) is 1.49. The lowest BCUT2D eigenvalue weighted by atomic mass is 10.1. The molecule has 1 rings (SSSR count). The van der Waals surface area contributed by atoms with Crippen molar-refractivity contribution in [2.45, 2.75) is 19.8 Å². The van der Waals surface area contributed by atoms with E-state index in [9.17, 15) is 0 Å². The molecule has 0 radical (unpaired) electrons. The van der Waals surface area contributed by atoms with E-state index < -0.39 is 0 Å². The molecule has 0 aliphatic rings. The topological polar surface area (TPSA) is 49.5 Å². The first-order valence-electron chi connectivity index (χ1n) is 5.33.